The molecule has 0 fully saturated rings. The van der Waals surface area contributed by atoms with Crippen LogP contribution in [0.15, 0.2) is 0 Å². The number of esters is 2. The van der Waals surface area contributed by atoms with Gasteiger partial charge in [0.15, 0.2) is 10.2 Å². The van der Waals surface area contributed by atoms with E-state index in [1.165, 1.54) is 14.2 Å². The van der Waals surface area contributed by atoms with Crippen LogP contribution in [0.25, 0.3) is 0 Å². The van der Waals surface area contributed by atoms with E-state index in [4.69, 9.17) is 37.5 Å². The van der Waals surface area contributed by atoms with Crippen molar-refractivity contribution >= 4 is 59.2 Å². The number of methoxy groups -OCH3 is 2. The molecule has 0 bridgehead atoms. The van der Waals surface area contributed by atoms with Crippen LogP contribution in [0, 0.1) is 10.8 Å². The van der Waals surface area contributed by atoms with Gasteiger partial charge >= 0.3 is 19.5 Å². The quantitative estimate of drug-likeness (QED) is 0.0684. The minimum absolute atomic E-state index is 0.00442. The highest BCUT2D eigenvalue weighted by molar-refractivity contribution is 8.14. The first kappa shape index (κ1) is 48.4. The summed E-state index contributed by atoms with van der Waals surface area (Å²) in [7, 11) is -1.05. The van der Waals surface area contributed by atoms with Crippen LogP contribution >= 0.6 is 31.1 Å². The summed E-state index contributed by atoms with van der Waals surface area (Å²) in [5.74, 6) is -1.83. The van der Waals surface area contributed by atoms with Crippen molar-refractivity contribution < 1.29 is 66.0 Å². The Kier molecular flexibility index (Phi) is 26.3. The molecule has 0 spiro atoms. The van der Waals surface area contributed by atoms with Crippen LogP contribution in [0.1, 0.15) is 60.8 Å². The molecule has 0 radical (unpaired) electrons. The lowest BCUT2D eigenvalue weighted by Gasteiger charge is -2.21. The number of rotatable bonds is 28. The molecule has 1 N–H and O–H groups in total. The van der Waals surface area contributed by atoms with Gasteiger partial charge in [-0.05, 0) is 12.8 Å². The Morgan fingerprint density at radius 3 is 1.52 bits per heavy atom. The molecule has 0 aliphatic rings. The molecule has 0 aromatic rings. The standard InChI is InChI=1S/C32H58NO14PS2/c1-31(2,3)29(37)49-21-9-11-46-48(39,47-12-10-22-50-30(38)32(4,5)6)24-26(34)33-25(28(36)45-20-18-43-16-14-41-8)23-27(35)44-19-17-42-15-13-40-7/h25H,9-24H2,1-8H3,(H,33,34). The van der Waals surface area contributed by atoms with Gasteiger partial charge in [-0.1, -0.05) is 65.1 Å². The fourth-order valence-electron chi connectivity index (χ4n) is 3.26. The van der Waals surface area contributed by atoms with Crippen LogP contribution in [0.3, 0.4) is 0 Å². The summed E-state index contributed by atoms with van der Waals surface area (Å²) in [6.07, 6.45) is -0.641. The molecule has 1 amide bonds. The van der Waals surface area contributed by atoms with Crippen molar-refractivity contribution in [1.29, 1.82) is 0 Å². The molecule has 1 atom stereocenters. The summed E-state index contributed by atoms with van der Waals surface area (Å²) in [5, 5.41) is 2.39. The first-order valence-corrected chi connectivity index (χ1v) is 20.1. The summed E-state index contributed by atoms with van der Waals surface area (Å²) < 4.78 is 55.6. The Morgan fingerprint density at radius 1 is 0.640 bits per heavy atom. The van der Waals surface area contributed by atoms with Crippen molar-refractivity contribution in [2.75, 3.05) is 98.0 Å². The van der Waals surface area contributed by atoms with Crippen molar-refractivity contribution in [2.45, 2.75) is 66.8 Å². The van der Waals surface area contributed by atoms with E-state index in [0.717, 1.165) is 23.5 Å². The Balaban J connectivity index is 5.47. The van der Waals surface area contributed by atoms with E-state index >= 15 is 0 Å². The molecule has 292 valence electrons. The molecule has 15 nitrogen and oxygen atoms in total. The summed E-state index contributed by atoms with van der Waals surface area (Å²) in [6, 6.07) is -1.48. The summed E-state index contributed by atoms with van der Waals surface area (Å²) in [6.45, 7) is 11.9. The highest BCUT2D eigenvalue weighted by atomic mass is 32.2. The maximum atomic E-state index is 13.7. The van der Waals surface area contributed by atoms with Crippen molar-refractivity contribution in [3.63, 3.8) is 0 Å². The number of thioether (sulfide) groups is 2. The predicted octanol–water partition coefficient (Wildman–Crippen LogP) is 3.89. The lowest BCUT2D eigenvalue weighted by molar-refractivity contribution is -0.155. The van der Waals surface area contributed by atoms with Crippen LogP contribution in [0.2, 0.25) is 0 Å². The van der Waals surface area contributed by atoms with Crippen LogP contribution < -0.4 is 5.32 Å². The molecule has 1 unspecified atom stereocenters. The molecule has 18 heteroatoms. The van der Waals surface area contributed by atoms with Crippen LogP contribution in [0.5, 0.6) is 0 Å². The van der Waals surface area contributed by atoms with Crippen LogP contribution in [0.4, 0.5) is 0 Å². The van der Waals surface area contributed by atoms with E-state index in [0.29, 0.717) is 44.2 Å². The lowest BCUT2D eigenvalue weighted by atomic mass is 9.99. The van der Waals surface area contributed by atoms with Gasteiger partial charge in [-0.25, -0.2) is 4.79 Å². The molecular weight excluding hydrogens is 717 g/mol. The van der Waals surface area contributed by atoms with E-state index in [1.54, 1.807) is 0 Å². The SMILES string of the molecule is COCCOCCOC(=O)CC(NC(=O)CP(=O)(OCCCSC(=O)C(C)(C)C)OCCCSC(=O)C(C)(C)C)C(=O)OCCOCCOC. The second kappa shape index (κ2) is 27.1. The van der Waals surface area contributed by atoms with E-state index in [2.05, 4.69) is 5.32 Å². The molecule has 0 aromatic heterocycles. The second-order valence-corrected chi connectivity index (χ2v) is 17.0. The summed E-state index contributed by atoms with van der Waals surface area (Å²) >= 11 is 2.26. The first-order chi connectivity index (χ1) is 23.4. The van der Waals surface area contributed by atoms with E-state index < -0.39 is 54.9 Å². The number of hydrogen-bond donors (Lipinski definition) is 1. The Hall–Kier alpha value is -1.56. The van der Waals surface area contributed by atoms with Crippen molar-refractivity contribution in [3.05, 3.63) is 0 Å². The van der Waals surface area contributed by atoms with Gasteiger partial charge in [0, 0.05) is 36.6 Å². The zero-order chi connectivity index (χ0) is 38.1. The number of carbonyl (C=O) groups is 5. The van der Waals surface area contributed by atoms with Gasteiger partial charge in [-0.2, -0.15) is 0 Å². The van der Waals surface area contributed by atoms with Crippen molar-refractivity contribution in [1.82, 2.24) is 5.32 Å². The van der Waals surface area contributed by atoms with Gasteiger partial charge in [0.05, 0.1) is 59.3 Å². The smallest absolute Gasteiger partial charge is 0.340 e. The lowest BCUT2D eigenvalue weighted by Crippen LogP contribution is -2.45. The predicted molar refractivity (Wildman–Crippen MR) is 191 cm³/mol. The third-order valence-electron chi connectivity index (χ3n) is 6.00. The van der Waals surface area contributed by atoms with Crippen LogP contribution in [-0.2, 0) is 66.0 Å². The highest BCUT2D eigenvalue weighted by Crippen LogP contribution is 2.48. The number of carbonyl (C=O) groups excluding carboxylic acids is 5. The number of amides is 1. The zero-order valence-electron chi connectivity index (χ0n) is 30.9. The Labute approximate surface area is 305 Å². The van der Waals surface area contributed by atoms with Gasteiger partial charge in [-0.3, -0.25) is 23.7 Å². The third kappa shape index (κ3) is 25.4. The average Bonchev–Trinajstić information content (AvgIpc) is 3.02. The molecular formula is C32H58NO14PS2. The molecule has 0 aliphatic carbocycles. The molecule has 0 saturated carbocycles. The number of hydrogen-bond acceptors (Lipinski definition) is 16. The zero-order valence-corrected chi connectivity index (χ0v) is 33.4. The summed E-state index contributed by atoms with van der Waals surface area (Å²) in [5.41, 5.74) is -1.04. The molecule has 0 aliphatic heterocycles. The first-order valence-electron chi connectivity index (χ1n) is 16.4. The number of nitrogens with one attached hydrogen (secondary N) is 1. The molecule has 50 heavy (non-hydrogen) atoms. The molecule has 0 aromatic carbocycles. The van der Waals surface area contributed by atoms with Gasteiger partial charge in [0.1, 0.15) is 25.4 Å². The van der Waals surface area contributed by atoms with Crippen molar-refractivity contribution in [3.8, 4) is 0 Å². The number of ether oxygens (including phenoxy) is 6. The fourth-order valence-corrected chi connectivity index (χ4v) is 6.53. The maximum Gasteiger partial charge on any atom is 0.340 e. The van der Waals surface area contributed by atoms with Gasteiger partial charge in [0.25, 0.3) is 0 Å². The highest BCUT2D eigenvalue weighted by Gasteiger charge is 2.33. The average molecular weight is 776 g/mol. The monoisotopic (exact) mass is 775 g/mol. The van der Waals surface area contributed by atoms with E-state index in [1.807, 2.05) is 41.5 Å². The Bertz CT molecular complexity index is 1020. The van der Waals surface area contributed by atoms with Crippen molar-refractivity contribution in [2.24, 2.45) is 10.8 Å². The molecule has 0 rings (SSSR count). The normalized spacial score (nSPS) is 12.7. The molecule has 0 saturated heterocycles. The van der Waals surface area contributed by atoms with E-state index in [9.17, 15) is 28.5 Å². The van der Waals surface area contributed by atoms with E-state index in [-0.39, 0.29) is 56.5 Å². The van der Waals surface area contributed by atoms with Gasteiger partial charge in [0.2, 0.25) is 5.91 Å². The topological polar surface area (TPSA) is 188 Å². The molecule has 0 heterocycles. The van der Waals surface area contributed by atoms with Crippen LogP contribution in [-0.4, -0.2) is 132 Å². The Morgan fingerprint density at radius 2 is 1.08 bits per heavy atom. The third-order valence-corrected chi connectivity index (χ3v) is 10.6. The van der Waals surface area contributed by atoms with Gasteiger partial charge < -0.3 is 42.8 Å². The fraction of sp³-hybridized carbons (Fsp3) is 0.844. The summed E-state index contributed by atoms with van der Waals surface area (Å²) in [4.78, 5) is 63.0. The minimum Gasteiger partial charge on any atom is -0.463 e. The largest absolute Gasteiger partial charge is 0.463 e. The van der Waals surface area contributed by atoms with Gasteiger partial charge in [-0.15, -0.1) is 0 Å². The maximum absolute atomic E-state index is 13.7. The minimum atomic E-state index is -4.08. The second-order valence-electron chi connectivity index (χ2n) is 12.8.